The highest BCUT2D eigenvalue weighted by molar-refractivity contribution is 5.91. The van der Waals surface area contributed by atoms with Gasteiger partial charge in [-0.05, 0) is 26.9 Å². The summed E-state index contributed by atoms with van der Waals surface area (Å²) in [6.45, 7) is 0.367. The van der Waals surface area contributed by atoms with E-state index in [-0.39, 0.29) is 29.3 Å². The minimum atomic E-state index is -0.356. The van der Waals surface area contributed by atoms with E-state index in [9.17, 15) is 9.59 Å². The average Bonchev–Trinajstić information content (AvgIpc) is 2.93. The van der Waals surface area contributed by atoms with Crippen molar-refractivity contribution in [2.75, 3.05) is 20.6 Å². The number of carboxylic acid groups (broad SMARTS) is 1. The van der Waals surface area contributed by atoms with Crippen LogP contribution < -0.4 is 11.0 Å². The molecule has 0 saturated heterocycles. The Morgan fingerprint density at radius 3 is 2.45 bits per heavy atom. The molecule has 0 atom stereocenters. The second-order valence-corrected chi connectivity index (χ2v) is 5.62. The lowest BCUT2D eigenvalue weighted by molar-refractivity contribution is -0.122. The molecule has 1 amide bonds. The third kappa shape index (κ3) is 4.73. The fourth-order valence-corrected chi connectivity index (χ4v) is 2.79. The number of hydrogen-bond acceptors (Lipinski definition) is 4. The lowest BCUT2D eigenvalue weighted by Crippen LogP contribution is -2.53. The minimum absolute atomic E-state index is 0.0461. The molecule has 0 bridgehead atoms. The van der Waals surface area contributed by atoms with Gasteiger partial charge >= 0.3 is 5.69 Å². The predicted molar refractivity (Wildman–Crippen MR) is 81.9 cm³/mol. The van der Waals surface area contributed by atoms with E-state index < -0.39 is 0 Å². The average molecular weight is 312 g/mol. The van der Waals surface area contributed by atoms with Crippen LogP contribution in [0.25, 0.3) is 0 Å². The summed E-state index contributed by atoms with van der Waals surface area (Å²) in [5, 5.41) is 9.82. The van der Waals surface area contributed by atoms with Crippen LogP contribution in [0.15, 0.2) is 11.0 Å². The molecule has 1 aromatic rings. The molecule has 22 heavy (non-hydrogen) atoms. The van der Waals surface area contributed by atoms with Crippen molar-refractivity contribution in [1.82, 2.24) is 20.2 Å². The Kier molecular flexibility index (Phi) is 6.84. The van der Waals surface area contributed by atoms with E-state index in [0.29, 0.717) is 6.54 Å². The molecule has 124 valence electrons. The van der Waals surface area contributed by atoms with Crippen LogP contribution in [0.5, 0.6) is 0 Å². The molecule has 0 radical (unpaired) electrons. The summed E-state index contributed by atoms with van der Waals surface area (Å²) in [4.78, 5) is 38.4. The Labute approximate surface area is 128 Å². The highest BCUT2D eigenvalue weighted by atomic mass is 16.3. The van der Waals surface area contributed by atoms with E-state index in [2.05, 4.69) is 34.3 Å². The van der Waals surface area contributed by atoms with Gasteiger partial charge in [0.25, 0.3) is 12.4 Å². The van der Waals surface area contributed by atoms with Crippen LogP contribution >= 0.6 is 0 Å². The molecular formula is C14H24N4O4. The topological polar surface area (TPSA) is 118 Å². The number of rotatable bonds is 4. The van der Waals surface area contributed by atoms with Crippen molar-refractivity contribution >= 4 is 12.4 Å². The number of amides is 1. The summed E-state index contributed by atoms with van der Waals surface area (Å²) in [5.41, 5.74) is -0.0234. The SMILES string of the molecule is CN(C)C1(CNC(=O)c2c[nH]c(=O)[nH]2)CCCCC1.O=CO. The normalized spacial score (nSPS) is 16.5. The van der Waals surface area contributed by atoms with Gasteiger partial charge in [0, 0.05) is 18.3 Å². The molecule has 4 N–H and O–H groups in total. The molecule has 0 aliphatic heterocycles. The number of nitrogens with one attached hydrogen (secondary N) is 3. The molecule has 2 rings (SSSR count). The largest absolute Gasteiger partial charge is 0.483 e. The Morgan fingerprint density at radius 1 is 1.41 bits per heavy atom. The number of aromatic nitrogens is 2. The van der Waals surface area contributed by atoms with Gasteiger partial charge in [-0.15, -0.1) is 0 Å². The van der Waals surface area contributed by atoms with E-state index in [1.54, 1.807) is 0 Å². The number of nitrogens with zero attached hydrogens (tertiary/aromatic N) is 1. The van der Waals surface area contributed by atoms with Crippen LogP contribution in [-0.2, 0) is 4.79 Å². The molecule has 8 heteroatoms. The van der Waals surface area contributed by atoms with Gasteiger partial charge in [-0.3, -0.25) is 9.59 Å². The van der Waals surface area contributed by atoms with Crippen LogP contribution in [0.3, 0.4) is 0 Å². The van der Waals surface area contributed by atoms with Crippen LogP contribution in [-0.4, -0.2) is 58.5 Å². The van der Waals surface area contributed by atoms with Gasteiger partial charge < -0.3 is 25.3 Å². The molecule has 0 unspecified atom stereocenters. The van der Waals surface area contributed by atoms with Gasteiger partial charge in [0.1, 0.15) is 5.69 Å². The Morgan fingerprint density at radius 2 is 2.00 bits per heavy atom. The van der Waals surface area contributed by atoms with E-state index in [4.69, 9.17) is 9.90 Å². The van der Waals surface area contributed by atoms with E-state index in [1.807, 2.05) is 0 Å². The molecule has 1 saturated carbocycles. The second kappa shape index (κ2) is 8.38. The Hall–Kier alpha value is -2.09. The van der Waals surface area contributed by atoms with E-state index in [1.165, 1.54) is 25.5 Å². The maximum absolute atomic E-state index is 11.9. The monoisotopic (exact) mass is 312 g/mol. The van der Waals surface area contributed by atoms with Crippen LogP contribution in [0.2, 0.25) is 0 Å². The highest BCUT2D eigenvalue weighted by Crippen LogP contribution is 2.31. The summed E-state index contributed by atoms with van der Waals surface area (Å²) >= 11 is 0. The smallest absolute Gasteiger partial charge is 0.323 e. The van der Waals surface area contributed by atoms with Gasteiger partial charge in [-0.25, -0.2) is 4.79 Å². The van der Waals surface area contributed by atoms with Crippen LogP contribution in [0.4, 0.5) is 0 Å². The van der Waals surface area contributed by atoms with Crippen molar-refractivity contribution in [2.45, 2.75) is 37.6 Å². The number of imidazole rings is 1. The number of H-pyrrole nitrogens is 2. The first kappa shape index (κ1) is 18.0. The highest BCUT2D eigenvalue weighted by Gasteiger charge is 2.34. The van der Waals surface area contributed by atoms with Gasteiger partial charge in [0.2, 0.25) is 0 Å². The van der Waals surface area contributed by atoms with Crippen molar-refractivity contribution in [3.05, 3.63) is 22.4 Å². The molecule has 8 nitrogen and oxygen atoms in total. The van der Waals surface area contributed by atoms with Crippen molar-refractivity contribution in [2.24, 2.45) is 0 Å². The standard InChI is InChI=1S/C13H22N4O2.CH2O2/c1-17(2)13(6-4-3-5-7-13)9-15-11(18)10-8-14-12(19)16-10;2-1-3/h8H,3-7,9H2,1-2H3,(H,15,18)(H2,14,16,19);1H,(H,2,3). The summed E-state index contributed by atoms with van der Waals surface area (Å²) < 4.78 is 0. The zero-order valence-corrected chi connectivity index (χ0v) is 13.0. The number of carbonyl (C=O) groups is 2. The number of hydrogen-bond donors (Lipinski definition) is 4. The maximum atomic E-state index is 11.9. The quantitative estimate of drug-likeness (QED) is 0.600. The van der Waals surface area contributed by atoms with Gasteiger partial charge in [-0.1, -0.05) is 19.3 Å². The molecule has 1 aliphatic carbocycles. The lowest BCUT2D eigenvalue weighted by Gasteiger charge is -2.43. The molecule has 1 heterocycles. The van der Waals surface area contributed by atoms with Gasteiger partial charge in [-0.2, -0.15) is 0 Å². The number of likely N-dealkylation sites (N-methyl/N-ethyl adjacent to an activating group) is 1. The first-order chi connectivity index (χ1) is 10.4. The fourth-order valence-electron chi connectivity index (χ4n) is 2.79. The van der Waals surface area contributed by atoms with Crippen LogP contribution in [0.1, 0.15) is 42.6 Å². The van der Waals surface area contributed by atoms with Crippen molar-refractivity contribution in [3.63, 3.8) is 0 Å². The molecular weight excluding hydrogens is 288 g/mol. The Balaban J connectivity index is 0.000000745. The lowest BCUT2D eigenvalue weighted by atomic mass is 9.80. The Bertz CT molecular complexity index is 529. The van der Waals surface area contributed by atoms with Crippen molar-refractivity contribution in [1.29, 1.82) is 0 Å². The summed E-state index contributed by atoms with van der Waals surface area (Å²) in [6, 6.07) is 0. The molecule has 1 aliphatic rings. The third-order valence-electron chi connectivity index (χ3n) is 4.15. The molecule has 0 aromatic carbocycles. The van der Waals surface area contributed by atoms with E-state index in [0.717, 1.165) is 12.8 Å². The number of carbonyl (C=O) groups excluding carboxylic acids is 1. The predicted octanol–water partition coefficient (Wildman–Crippen LogP) is 0.398. The van der Waals surface area contributed by atoms with Crippen LogP contribution in [0, 0.1) is 0 Å². The number of aromatic amines is 2. The second-order valence-electron chi connectivity index (χ2n) is 5.62. The molecule has 1 fully saturated rings. The summed E-state index contributed by atoms with van der Waals surface area (Å²) in [6.07, 6.45) is 7.29. The summed E-state index contributed by atoms with van der Waals surface area (Å²) in [7, 11) is 4.13. The first-order valence-electron chi connectivity index (χ1n) is 7.26. The maximum Gasteiger partial charge on any atom is 0.323 e. The minimum Gasteiger partial charge on any atom is -0.483 e. The molecule has 0 spiro atoms. The zero-order chi connectivity index (χ0) is 16.6. The van der Waals surface area contributed by atoms with Crippen molar-refractivity contribution in [3.8, 4) is 0 Å². The van der Waals surface area contributed by atoms with Gasteiger partial charge in [0.05, 0.1) is 0 Å². The van der Waals surface area contributed by atoms with Gasteiger partial charge in [0.15, 0.2) is 0 Å². The van der Waals surface area contributed by atoms with E-state index >= 15 is 0 Å². The molecule has 1 aromatic heterocycles. The first-order valence-corrected chi connectivity index (χ1v) is 7.26. The fraction of sp³-hybridized carbons (Fsp3) is 0.643. The summed E-state index contributed by atoms with van der Waals surface area (Å²) in [5.74, 6) is -0.231. The zero-order valence-electron chi connectivity index (χ0n) is 13.0. The van der Waals surface area contributed by atoms with Crippen molar-refractivity contribution < 1.29 is 14.7 Å². The third-order valence-corrected chi connectivity index (χ3v) is 4.15.